The van der Waals surface area contributed by atoms with Crippen molar-refractivity contribution in [2.75, 3.05) is 19.0 Å². The van der Waals surface area contributed by atoms with Crippen molar-refractivity contribution in [3.8, 4) is 11.4 Å². The Kier molecular flexibility index (Phi) is 5.40. The second-order valence-corrected chi connectivity index (χ2v) is 8.52. The van der Waals surface area contributed by atoms with Crippen LogP contribution < -0.4 is 0 Å². The Morgan fingerprint density at radius 1 is 1.16 bits per heavy atom. The molecule has 0 bridgehead atoms. The Morgan fingerprint density at radius 2 is 1.87 bits per heavy atom. The van der Waals surface area contributed by atoms with E-state index in [0.717, 1.165) is 12.1 Å². The number of likely N-dealkylation sites (tertiary alicyclic amines) is 1. The van der Waals surface area contributed by atoms with Crippen LogP contribution in [0.1, 0.15) is 18.4 Å². The van der Waals surface area contributed by atoms with Gasteiger partial charge in [-0.2, -0.15) is 9.49 Å². The summed E-state index contributed by atoms with van der Waals surface area (Å²) in [5.74, 6) is -4.49. The molecule has 31 heavy (non-hydrogen) atoms. The van der Waals surface area contributed by atoms with Gasteiger partial charge in [0.2, 0.25) is 0 Å². The van der Waals surface area contributed by atoms with Gasteiger partial charge in [0.15, 0.2) is 28.1 Å². The van der Waals surface area contributed by atoms with E-state index >= 15 is 0 Å². The quantitative estimate of drug-likeness (QED) is 0.509. The van der Waals surface area contributed by atoms with E-state index in [4.69, 9.17) is 0 Å². The van der Waals surface area contributed by atoms with Crippen molar-refractivity contribution in [2.24, 2.45) is 0 Å². The van der Waals surface area contributed by atoms with Crippen LogP contribution in [0.25, 0.3) is 16.6 Å². The largest absolute Gasteiger partial charge is 0.505 e. The first-order valence-electron chi connectivity index (χ1n) is 9.45. The fourth-order valence-corrected chi connectivity index (χ4v) is 4.69. The number of carboxylic acid groups (broad SMARTS) is 1. The number of benzene rings is 2. The minimum Gasteiger partial charge on any atom is -0.505 e. The first-order valence-corrected chi connectivity index (χ1v) is 10.8. The molecule has 8 nitrogen and oxygen atoms in total. The van der Waals surface area contributed by atoms with E-state index in [1.165, 1.54) is 10.9 Å². The Bertz CT molecular complexity index is 1220. The molecule has 0 amide bonds. The summed E-state index contributed by atoms with van der Waals surface area (Å²) in [6, 6.07) is 6.94. The van der Waals surface area contributed by atoms with E-state index in [9.17, 15) is 32.2 Å². The average Bonchev–Trinajstić information content (AvgIpc) is 3.15. The zero-order valence-electron chi connectivity index (χ0n) is 16.2. The number of phenolic OH excluding ortho intramolecular Hbond substituents is 1. The molecule has 3 aromatic rings. The maximum Gasteiger partial charge on any atom is 0.314 e. The summed E-state index contributed by atoms with van der Waals surface area (Å²) < 4.78 is 50.4. The van der Waals surface area contributed by atoms with Gasteiger partial charge in [-0.15, -0.1) is 0 Å². The molecule has 1 aromatic heterocycles. The number of aromatic hydroxyl groups is 1. The lowest BCUT2D eigenvalue weighted by Crippen LogP contribution is -2.47. The lowest BCUT2D eigenvalue weighted by molar-refractivity contribution is -0.145. The minimum absolute atomic E-state index is 0.0993. The van der Waals surface area contributed by atoms with Crippen molar-refractivity contribution in [1.82, 2.24) is 14.7 Å². The molecule has 0 saturated carbocycles. The number of phenols is 1. The topological polar surface area (TPSA) is 113 Å². The third kappa shape index (κ3) is 3.74. The molecule has 4 rings (SSSR count). The van der Waals surface area contributed by atoms with E-state index in [0.29, 0.717) is 29.6 Å². The molecule has 1 fully saturated rings. The van der Waals surface area contributed by atoms with Crippen LogP contribution in [0.5, 0.6) is 5.75 Å². The highest BCUT2D eigenvalue weighted by atomic mass is 32.2. The fourth-order valence-electron chi connectivity index (χ4n) is 4.08. The van der Waals surface area contributed by atoms with Gasteiger partial charge in [0, 0.05) is 30.6 Å². The van der Waals surface area contributed by atoms with Gasteiger partial charge in [0.05, 0.1) is 28.7 Å². The van der Waals surface area contributed by atoms with Crippen LogP contribution in [0.2, 0.25) is 0 Å². The van der Waals surface area contributed by atoms with Crippen molar-refractivity contribution in [1.29, 1.82) is 0 Å². The summed E-state index contributed by atoms with van der Waals surface area (Å²) in [7, 11) is -2.57. The monoisotopic (exact) mass is 451 g/mol. The molecule has 11 heteroatoms. The van der Waals surface area contributed by atoms with Crippen molar-refractivity contribution in [2.45, 2.75) is 18.3 Å². The summed E-state index contributed by atoms with van der Waals surface area (Å²) in [4.78, 5) is 13.9. The molecule has 1 aliphatic rings. The third-order valence-electron chi connectivity index (χ3n) is 5.79. The number of nitrogens with zero attached hydrogens (tertiary/aromatic N) is 3. The van der Waals surface area contributed by atoms with Gasteiger partial charge in [-0.05, 0) is 30.5 Å². The number of rotatable bonds is 5. The van der Waals surface area contributed by atoms with E-state index < -0.39 is 39.5 Å². The smallest absolute Gasteiger partial charge is 0.314 e. The summed E-state index contributed by atoms with van der Waals surface area (Å²) >= 11 is 0. The fraction of sp³-hybridized carbons (Fsp3) is 0.300. The number of carboxylic acids is 1. The molecular weight excluding hydrogens is 432 g/mol. The van der Waals surface area contributed by atoms with Crippen LogP contribution in [0.3, 0.4) is 0 Å². The maximum atomic E-state index is 13.7. The summed E-state index contributed by atoms with van der Waals surface area (Å²) in [5.41, 5.74) is 0.0376. The van der Waals surface area contributed by atoms with Gasteiger partial charge < -0.3 is 10.2 Å². The van der Waals surface area contributed by atoms with Gasteiger partial charge >= 0.3 is 5.97 Å². The highest BCUT2D eigenvalue weighted by Crippen LogP contribution is 2.37. The number of thiol groups is 1. The Hall–Kier alpha value is -3.05. The third-order valence-corrected chi connectivity index (χ3v) is 6.42. The molecule has 0 unspecified atom stereocenters. The molecule has 2 aromatic carbocycles. The lowest BCUT2D eigenvalue weighted by atomic mass is 9.72. The minimum atomic E-state index is -2.57. The highest BCUT2D eigenvalue weighted by Gasteiger charge is 2.43. The number of halogens is 2. The second kappa shape index (κ2) is 7.89. The van der Waals surface area contributed by atoms with E-state index in [-0.39, 0.29) is 24.4 Å². The molecule has 2 N–H and O–H groups in total. The van der Waals surface area contributed by atoms with Gasteiger partial charge in [0.1, 0.15) is 0 Å². The van der Waals surface area contributed by atoms with Crippen LogP contribution in [-0.4, -0.2) is 58.2 Å². The molecule has 0 spiro atoms. The summed E-state index contributed by atoms with van der Waals surface area (Å²) in [5, 5.41) is 24.3. The summed E-state index contributed by atoms with van der Waals surface area (Å²) in [6.45, 7) is 0.669. The Balaban J connectivity index is 1.71. The zero-order valence-corrected chi connectivity index (χ0v) is 17.1. The van der Waals surface area contributed by atoms with Crippen LogP contribution in [0.15, 0.2) is 36.5 Å². The maximum absolute atomic E-state index is 13.7. The van der Waals surface area contributed by atoms with Crippen molar-refractivity contribution in [3.63, 3.8) is 0 Å². The predicted octanol–water partition coefficient (Wildman–Crippen LogP) is 2.00. The Labute approximate surface area is 177 Å². The first-order chi connectivity index (χ1) is 14.7. The number of hydrogen-bond donors (Lipinski definition) is 3. The molecule has 1 aliphatic heterocycles. The number of carbonyl (C=O) groups is 1. The number of piperidine rings is 1. The molecule has 164 valence electrons. The van der Waals surface area contributed by atoms with Crippen molar-refractivity contribution in [3.05, 3.63) is 53.7 Å². The molecule has 1 saturated heterocycles. The molecule has 0 atom stereocenters. The first kappa shape index (κ1) is 21.2. The van der Waals surface area contributed by atoms with E-state index in [2.05, 4.69) is 5.10 Å². The van der Waals surface area contributed by atoms with Crippen LogP contribution in [0, 0.1) is 11.6 Å². The number of aliphatic carboxylic acids is 1. The van der Waals surface area contributed by atoms with E-state index in [1.54, 1.807) is 23.1 Å². The van der Waals surface area contributed by atoms with Crippen molar-refractivity contribution < 1.29 is 32.2 Å². The van der Waals surface area contributed by atoms with Gasteiger partial charge in [-0.25, -0.2) is 17.5 Å². The van der Waals surface area contributed by atoms with Crippen LogP contribution >= 0.6 is 0 Å². The normalized spacial score (nSPS) is 16.7. The molecule has 2 heterocycles. The molecular formula is C20H19F2N3O5S. The van der Waals surface area contributed by atoms with E-state index in [1.807, 2.05) is 0 Å². The highest BCUT2D eigenvalue weighted by molar-refractivity contribution is 7.72. The standard InChI is InChI=1S/C20H19F2N3O5S/c21-15-8-14(9-17(26)18(15)22)25-16-2-1-13(7-12(16)10-23-25)20(19(27)28)3-5-24(6-4-20)11-31(29)30/h1-2,7-10,26,31H,3-6,11H2,(H,27,28). The van der Waals surface area contributed by atoms with Crippen LogP contribution in [-0.2, 0) is 20.9 Å². The predicted molar refractivity (Wildman–Crippen MR) is 108 cm³/mol. The number of aromatic nitrogens is 2. The second-order valence-electron chi connectivity index (χ2n) is 7.57. The summed E-state index contributed by atoms with van der Waals surface area (Å²) in [6.07, 6.45) is 1.98. The number of fused-ring (bicyclic) bond motifs is 1. The van der Waals surface area contributed by atoms with Gasteiger partial charge in [0.25, 0.3) is 0 Å². The van der Waals surface area contributed by atoms with Gasteiger partial charge in [-0.3, -0.25) is 9.69 Å². The molecule has 0 radical (unpaired) electrons. The zero-order chi connectivity index (χ0) is 22.3. The SMILES string of the molecule is O=C(O)C1(c2ccc3c(cnn3-c3cc(O)c(F)c(F)c3)c2)CCN(C[SH](=O)=O)CC1. The lowest BCUT2D eigenvalue weighted by Gasteiger charge is -2.38. The molecule has 0 aliphatic carbocycles. The average molecular weight is 451 g/mol. The Morgan fingerprint density at radius 3 is 2.48 bits per heavy atom. The van der Waals surface area contributed by atoms with Crippen LogP contribution in [0.4, 0.5) is 8.78 Å². The van der Waals surface area contributed by atoms with Crippen molar-refractivity contribution >= 4 is 27.6 Å². The number of hydrogen-bond acceptors (Lipinski definition) is 6. The van der Waals surface area contributed by atoms with Gasteiger partial charge in [-0.1, -0.05) is 6.07 Å².